The molecule has 22 heavy (non-hydrogen) atoms. The van der Waals surface area contributed by atoms with Crippen molar-refractivity contribution in [1.82, 2.24) is 4.31 Å². The molecule has 8 heteroatoms. The van der Waals surface area contributed by atoms with Crippen molar-refractivity contribution in [2.75, 3.05) is 23.6 Å². The molecule has 1 fully saturated rings. The van der Waals surface area contributed by atoms with Gasteiger partial charge in [-0.1, -0.05) is 13.8 Å². The van der Waals surface area contributed by atoms with Crippen molar-refractivity contribution in [2.24, 2.45) is 5.92 Å². The summed E-state index contributed by atoms with van der Waals surface area (Å²) < 4.78 is 52.1. The van der Waals surface area contributed by atoms with Crippen LogP contribution in [0.4, 0.5) is 5.69 Å². The van der Waals surface area contributed by atoms with Gasteiger partial charge in [-0.2, -0.15) is 12.7 Å². The molecular weight excluding hydrogens is 324 g/mol. The molecule has 1 aromatic rings. The smallest absolute Gasteiger partial charge is 0.271 e. The largest absolute Gasteiger partial charge is 0.301 e. The highest BCUT2D eigenvalue weighted by Gasteiger charge is 2.27. The highest BCUT2D eigenvalue weighted by molar-refractivity contribution is 7.91. The van der Waals surface area contributed by atoms with Crippen LogP contribution in [-0.4, -0.2) is 40.0 Å². The fourth-order valence-electron chi connectivity index (χ4n) is 2.48. The molecule has 0 saturated carbocycles. The highest BCUT2D eigenvalue weighted by Crippen LogP contribution is 2.21. The summed E-state index contributed by atoms with van der Waals surface area (Å²) in [6.07, 6.45) is 1.89. The summed E-state index contributed by atoms with van der Waals surface area (Å²) in [5, 5.41) is 0. The number of benzene rings is 1. The van der Waals surface area contributed by atoms with E-state index in [1.807, 2.05) is 6.92 Å². The maximum Gasteiger partial charge on any atom is 0.301 e. The molecule has 0 amide bonds. The summed E-state index contributed by atoms with van der Waals surface area (Å²) in [5.74, 6) is 0.367. The summed E-state index contributed by atoms with van der Waals surface area (Å²) in [6.45, 7) is 4.63. The second-order valence-electron chi connectivity index (χ2n) is 5.64. The van der Waals surface area contributed by atoms with Crippen LogP contribution in [0.15, 0.2) is 29.2 Å². The number of hydrogen-bond donors (Lipinski definition) is 1. The molecule has 1 N–H and O–H groups in total. The van der Waals surface area contributed by atoms with Gasteiger partial charge in [-0.15, -0.1) is 0 Å². The Morgan fingerprint density at radius 2 is 1.82 bits per heavy atom. The van der Waals surface area contributed by atoms with Crippen molar-refractivity contribution in [3.05, 3.63) is 24.3 Å². The first-order chi connectivity index (χ1) is 10.2. The van der Waals surface area contributed by atoms with E-state index < -0.39 is 20.0 Å². The van der Waals surface area contributed by atoms with Crippen LogP contribution in [0.5, 0.6) is 0 Å². The Morgan fingerprint density at radius 1 is 1.18 bits per heavy atom. The molecule has 0 aromatic heterocycles. The second kappa shape index (κ2) is 6.55. The van der Waals surface area contributed by atoms with Crippen LogP contribution < -0.4 is 4.72 Å². The maximum absolute atomic E-state index is 12.3. The Kier molecular flexibility index (Phi) is 5.14. The Labute approximate surface area is 132 Å². The first-order valence-corrected chi connectivity index (χ1v) is 10.4. The van der Waals surface area contributed by atoms with E-state index in [-0.39, 0.29) is 10.6 Å². The van der Waals surface area contributed by atoms with Crippen molar-refractivity contribution in [1.29, 1.82) is 0 Å². The third-order valence-corrected chi connectivity index (χ3v) is 7.06. The third kappa shape index (κ3) is 3.99. The van der Waals surface area contributed by atoms with Gasteiger partial charge in [0.15, 0.2) is 9.84 Å². The van der Waals surface area contributed by atoms with Gasteiger partial charge in [0.05, 0.1) is 10.6 Å². The number of rotatable bonds is 5. The van der Waals surface area contributed by atoms with Gasteiger partial charge in [-0.05, 0) is 43.0 Å². The average Bonchev–Trinajstić information content (AvgIpc) is 2.47. The van der Waals surface area contributed by atoms with E-state index >= 15 is 0 Å². The van der Waals surface area contributed by atoms with Gasteiger partial charge < -0.3 is 0 Å². The lowest BCUT2D eigenvalue weighted by molar-refractivity contribution is 0.282. The zero-order chi connectivity index (χ0) is 16.4. The minimum atomic E-state index is -3.59. The van der Waals surface area contributed by atoms with Crippen molar-refractivity contribution < 1.29 is 16.8 Å². The molecule has 1 unspecified atom stereocenters. The van der Waals surface area contributed by atoms with E-state index in [0.29, 0.717) is 24.7 Å². The van der Waals surface area contributed by atoms with Crippen LogP contribution in [0, 0.1) is 5.92 Å². The lowest BCUT2D eigenvalue weighted by Crippen LogP contribution is -2.42. The lowest BCUT2D eigenvalue weighted by atomic mass is 10.0. The molecule has 1 saturated heterocycles. The topological polar surface area (TPSA) is 83.5 Å². The van der Waals surface area contributed by atoms with Crippen molar-refractivity contribution in [3.8, 4) is 0 Å². The molecule has 1 aliphatic rings. The second-order valence-corrected chi connectivity index (χ2v) is 9.59. The Balaban J connectivity index is 2.13. The first kappa shape index (κ1) is 17.2. The summed E-state index contributed by atoms with van der Waals surface area (Å²) in [4.78, 5) is 0.199. The van der Waals surface area contributed by atoms with Crippen LogP contribution in [0.1, 0.15) is 26.7 Å². The van der Waals surface area contributed by atoms with Gasteiger partial charge in [0.25, 0.3) is 0 Å². The predicted octanol–water partition coefficient (Wildman–Crippen LogP) is 1.87. The SMILES string of the molecule is CCS(=O)(=O)c1ccc(NS(=O)(=O)N2CCCC(C)C2)cc1. The minimum absolute atomic E-state index is 0.0176. The molecule has 0 bridgehead atoms. The van der Waals surface area contributed by atoms with E-state index in [0.717, 1.165) is 12.8 Å². The zero-order valence-corrected chi connectivity index (χ0v) is 14.5. The van der Waals surface area contributed by atoms with E-state index in [4.69, 9.17) is 0 Å². The average molecular weight is 346 g/mol. The van der Waals surface area contributed by atoms with E-state index in [1.165, 1.54) is 28.6 Å². The fourth-order valence-corrected chi connectivity index (χ4v) is 4.74. The Morgan fingerprint density at radius 3 is 2.36 bits per heavy atom. The number of sulfone groups is 1. The standard InChI is InChI=1S/C14H22N2O4S2/c1-3-21(17,18)14-8-6-13(7-9-14)15-22(19,20)16-10-4-5-12(2)11-16/h6-9,12,15H,3-5,10-11H2,1-2H3. The molecule has 124 valence electrons. The van der Waals surface area contributed by atoms with Crippen molar-refractivity contribution >= 4 is 25.7 Å². The highest BCUT2D eigenvalue weighted by atomic mass is 32.2. The van der Waals surface area contributed by atoms with Crippen LogP contribution in [0.25, 0.3) is 0 Å². The van der Waals surface area contributed by atoms with E-state index in [1.54, 1.807) is 6.92 Å². The molecule has 1 heterocycles. The van der Waals surface area contributed by atoms with Gasteiger partial charge >= 0.3 is 10.2 Å². The Bertz CT molecular complexity index is 712. The number of piperidine rings is 1. The predicted molar refractivity (Wildman–Crippen MR) is 86.7 cm³/mol. The molecule has 1 aromatic carbocycles. The molecule has 0 radical (unpaired) electrons. The lowest BCUT2D eigenvalue weighted by Gasteiger charge is -2.30. The van der Waals surface area contributed by atoms with Crippen molar-refractivity contribution in [2.45, 2.75) is 31.6 Å². The molecule has 1 atom stereocenters. The zero-order valence-electron chi connectivity index (χ0n) is 12.8. The van der Waals surface area contributed by atoms with E-state index in [9.17, 15) is 16.8 Å². The summed E-state index contributed by atoms with van der Waals surface area (Å²) in [7, 11) is -6.86. The van der Waals surface area contributed by atoms with Crippen molar-refractivity contribution in [3.63, 3.8) is 0 Å². The van der Waals surface area contributed by atoms with Crippen LogP contribution in [-0.2, 0) is 20.0 Å². The maximum atomic E-state index is 12.3. The van der Waals surface area contributed by atoms with Gasteiger partial charge in [-0.3, -0.25) is 4.72 Å². The summed E-state index contributed by atoms with van der Waals surface area (Å²) in [5.41, 5.74) is 0.369. The summed E-state index contributed by atoms with van der Waals surface area (Å²) >= 11 is 0. The molecular formula is C14H22N2O4S2. The summed E-state index contributed by atoms with van der Waals surface area (Å²) in [6, 6.07) is 5.81. The number of nitrogens with zero attached hydrogens (tertiary/aromatic N) is 1. The third-order valence-electron chi connectivity index (χ3n) is 3.80. The van der Waals surface area contributed by atoms with E-state index in [2.05, 4.69) is 4.72 Å². The molecule has 1 aliphatic heterocycles. The molecule has 0 aliphatic carbocycles. The van der Waals surface area contributed by atoms with Gasteiger partial charge in [0.2, 0.25) is 0 Å². The monoisotopic (exact) mass is 346 g/mol. The first-order valence-electron chi connectivity index (χ1n) is 7.35. The van der Waals surface area contributed by atoms with Crippen LogP contribution >= 0.6 is 0 Å². The minimum Gasteiger partial charge on any atom is -0.271 e. The number of nitrogens with one attached hydrogen (secondary N) is 1. The number of hydrogen-bond acceptors (Lipinski definition) is 4. The molecule has 0 spiro atoms. The number of anilines is 1. The molecule has 2 rings (SSSR count). The molecule has 6 nitrogen and oxygen atoms in total. The normalized spacial score (nSPS) is 20.7. The van der Waals surface area contributed by atoms with Crippen LogP contribution in [0.3, 0.4) is 0 Å². The van der Waals surface area contributed by atoms with Gasteiger partial charge in [-0.25, -0.2) is 8.42 Å². The Hall–Kier alpha value is -1.12. The fraction of sp³-hybridized carbons (Fsp3) is 0.571. The quantitative estimate of drug-likeness (QED) is 0.882. The van der Waals surface area contributed by atoms with Gasteiger partial charge in [0.1, 0.15) is 0 Å². The van der Waals surface area contributed by atoms with Crippen LogP contribution in [0.2, 0.25) is 0 Å². The van der Waals surface area contributed by atoms with Gasteiger partial charge in [0, 0.05) is 18.8 Å².